The van der Waals surface area contributed by atoms with Crippen LogP contribution in [0.1, 0.15) is 285 Å². The van der Waals surface area contributed by atoms with Gasteiger partial charge in [0.25, 0.3) is 0 Å². The van der Waals surface area contributed by atoms with Crippen LogP contribution in [0.4, 0.5) is 13.2 Å². The Morgan fingerprint density at radius 3 is 0.862 bits per heavy atom. The Hall–Kier alpha value is -4.14. The van der Waals surface area contributed by atoms with Crippen molar-refractivity contribution in [3.63, 3.8) is 0 Å². The van der Waals surface area contributed by atoms with Crippen LogP contribution in [0.2, 0.25) is 0 Å². The highest BCUT2D eigenvalue weighted by atomic mass is 19.4. The molecule has 4 aromatic carbocycles. The molecule has 9 nitrogen and oxygen atoms in total. The predicted octanol–water partition coefficient (Wildman–Crippen LogP) is 18.6. The molecule has 8 fully saturated rings. The molecule has 8 aliphatic heterocycles. The molecule has 8 saturated heterocycles. The van der Waals surface area contributed by atoms with Crippen LogP contribution in [0.15, 0.2) is 97.1 Å². The second-order valence-corrected chi connectivity index (χ2v) is 33.7. The van der Waals surface area contributed by atoms with E-state index in [0.29, 0.717) is 42.4 Å². The summed E-state index contributed by atoms with van der Waals surface area (Å²) in [6.07, 6.45) is 14.4. The monoisotopic (exact) mass is 1300 g/mol. The van der Waals surface area contributed by atoms with Gasteiger partial charge in [-0.25, -0.2) is 0 Å². The molecule has 0 radical (unpaired) electrons. The maximum Gasteiger partial charge on any atom is 0.390 e. The molecule has 1 unspecified atom stereocenters. The standard InChI is InChI=1S/C22H33F3N2.C20H30N2O.2C20H32N2/c1-21(2,3)27-13-6-9-20(27)19-8-5-4-7-18(19)17-10-14-26(15-11-17)16-12-22(23,24)25;1-20(2,3)22-12-7-10-18(22)17-9-6-5-8-16(17)15-11-13-21(4)19(23)14-15;2*1-20(2,3)22-13-7-10-19(22)18-9-6-5-8-17(18)16-11-14-21(4)15-12-16/h4-5,7-8,17,20H,6,9-16H2,1-3H3;5-6,8-9,15,18H,7,10-14H2,1-4H3;2*5-6,8-9,16,19H,7,10-15H2,1-4H3/t20-;15?,18-;2*19-/m1110/s1. The van der Waals surface area contributed by atoms with Crippen LogP contribution in [0.5, 0.6) is 0 Å². The fraction of sp³-hybridized carbons (Fsp3) is 0.695. The lowest BCUT2D eigenvalue weighted by atomic mass is 9.83. The first-order chi connectivity index (χ1) is 44.5. The Morgan fingerprint density at radius 1 is 0.340 bits per heavy atom. The summed E-state index contributed by atoms with van der Waals surface area (Å²) in [6.45, 7) is 40.3. The minimum absolute atomic E-state index is 0.137. The SMILES string of the molecule is CC(C)(C)N1CCC[C@@H]1c1ccccc1C1CCN(CCC(F)(F)F)CC1.CN1CCC(c2ccccc2[C@@H]2CCCN2C(C)(C)C)CC1.CN1CCC(c2ccccc2[C@H]2CCCN2C(C)(C)C)CC1.CN1CCC(c2ccccc2[C@H]2CCCN2C(C)(C)C)CC1=O. The van der Waals surface area contributed by atoms with Crippen molar-refractivity contribution in [3.8, 4) is 0 Å². The summed E-state index contributed by atoms with van der Waals surface area (Å²) in [6, 6.07) is 38.4. The number of alkyl halides is 3. The normalized spacial score (nSPS) is 25.4. The number of hydrogen-bond donors (Lipinski definition) is 0. The summed E-state index contributed by atoms with van der Waals surface area (Å²) in [7, 11) is 6.42. The quantitative estimate of drug-likeness (QED) is 0.156. The van der Waals surface area contributed by atoms with Crippen LogP contribution < -0.4 is 0 Å². The first kappa shape index (κ1) is 74.1. The summed E-state index contributed by atoms with van der Waals surface area (Å²) in [5.74, 6) is 2.66. The van der Waals surface area contributed by atoms with Crippen molar-refractivity contribution in [2.24, 2.45) is 0 Å². The number of nitrogens with zero attached hydrogens (tertiary/aromatic N) is 8. The van der Waals surface area contributed by atoms with Gasteiger partial charge in [0.15, 0.2) is 0 Å². The third-order valence-corrected chi connectivity index (χ3v) is 23.0. The predicted molar refractivity (Wildman–Crippen MR) is 387 cm³/mol. The first-order valence-corrected chi connectivity index (χ1v) is 37.3. The third-order valence-electron chi connectivity index (χ3n) is 23.0. The van der Waals surface area contributed by atoms with Gasteiger partial charge in [0.2, 0.25) is 5.91 Å². The van der Waals surface area contributed by atoms with Crippen molar-refractivity contribution in [1.82, 2.24) is 39.2 Å². The van der Waals surface area contributed by atoms with Gasteiger partial charge in [-0.2, -0.15) is 13.2 Å². The number of halogens is 3. The number of piperidine rings is 4. The zero-order valence-electron chi connectivity index (χ0n) is 61.5. The lowest BCUT2D eigenvalue weighted by Crippen LogP contribution is -2.41. The number of likely N-dealkylation sites (tertiary alicyclic amines) is 8. The molecule has 4 aromatic rings. The Kier molecular flexibility index (Phi) is 25.4. The summed E-state index contributed by atoms with van der Waals surface area (Å²) in [5.41, 5.74) is 13.1. The van der Waals surface area contributed by atoms with Crippen LogP contribution in [0.3, 0.4) is 0 Å². The average Bonchev–Trinajstić information content (AvgIpc) is 1.52. The van der Waals surface area contributed by atoms with Crippen LogP contribution in [0, 0.1) is 0 Å². The first-order valence-electron chi connectivity index (χ1n) is 37.3. The Morgan fingerprint density at radius 2 is 0.596 bits per heavy atom. The second kappa shape index (κ2) is 32.2. The highest BCUT2D eigenvalue weighted by Crippen LogP contribution is 2.47. The zero-order chi connectivity index (χ0) is 67.8. The molecule has 522 valence electrons. The van der Waals surface area contributed by atoms with E-state index < -0.39 is 12.6 Å². The minimum Gasteiger partial charge on any atom is -0.346 e. The minimum atomic E-state index is -4.05. The highest BCUT2D eigenvalue weighted by molar-refractivity contribution is 5.77. The average molecular weight is 1300 g/mol. The van der Waals surface area contributed by atoms with Crippen LogP contribution >= 0.6 is 0 Å². The molecule has 0 saturated carbocycles. The molecule has 0 aliphatic carbocycles. The van der Waals surface area contributed by atoms with E-state index in [-0.39, 0.29) is 34.6 Å². The molecular formula is C82H127F3N8O. The van der Waals surface area contributed by atoms with Gasteiger partial charge in [0.05, 0.1) is 6.42 Å². The van der Waals surface area contributed by atoms with Crippen LogP contribution in [-0.4, -0.2) is 173 Å². The molecule has 0 aromatic heterocycles. The van der Waals surface area contributed by atoms with Crippen LogP contribution in [-0.2, 0) is 4.79 Å². The third kappa shape index (κ3) is 19.4. The number of rotatable bonds is 10. The van der Waals surface area contributed by atoms with Crippen molar-refractivity contribution < 1.29 is 18.0 Å². The highest BCUT2D eigenvalue weighted by Gasteiger charge is 2.41. The largest absolute Gasteiger partial charge is 0.390 e. The number of carbonyl (C=O) groups is 1. The fourth-order valence-corrected chi connectivity index (χ4v) is 17.9. The molecule has 5 atom stereocenters. The molecule has 12 heteroatoms. The molecule has 1 amide bonds. The van der Waals surface area contributed by atoms with Gasteiger partial charge in [-0.05, 0) is 327 Å². The van der Waals surface area contributed by atoms with Crippen molar-refractivity contribution in [2.45, 2.75) is 268 Å². The Balaban J connectivity index is 0.000000148. The lowest BCUT2D eigenvalue weighted by Gasteiger charge is -2.39. The fourth-order valence-electron chi connectivity index (χ4n) is 17.9. The smallest absolute Gasteiger partial charge is 0.346 e. The summed E-state index contributed by atoms with van der Waals surface area (Å²) >= 11 is 0. The van der Waals surface area contributed by atoms with Crippen molar-refractivity contribution in [2.75, 3.05) is 99.7 Å². The number of hydrogen-bond acceptors (Lipinski definition) is 8. The van der Waals surface area contributed by atoms with E-state index in [4.69, 9.17) is 0 Å². The molecule has 0 N–H and O–H groups in total. The lowest BCUT2D eigenvalue weighted by molar-refractivity contribution is -0.138. The van der Waals surface area contributed by atoms with Gasteiger partial charge in [-0.15, -0.1) is 0 Å². The maximum atomic E-state index is 12.5. The van der Waals surface area contributed by atoms with Gasteiger partial charge in [0, 0.05) is 72.9 Å². The van der Waals surface area contributed by atoms with Gasteiger partial charge >= 0.3 is 6.18 Å². The molecule has 94 heavy (non-hydrogen) atoms. The summed E-state index contributed by atoms with van der Waals surface area (Å²) in [4.78, 5) is 31.6. The van der Waals surface area contributed by atoms with Crippen molar-refractivity contribution in [1.29, 1.82) is 0 Å². The maximum absolute atomic E-state index is 12.5. The van der Waals surface area contributed by atoms with E-state index in [9.17, 15) is 18.0 Å². The number of amides is 1. The Labute approximate surface area is 569 Å². The molecule has 12 rings (SSSR count). The van der Waals surface area contributed by atoms with E-state index in [0.717, 1.165) is 57.3 Å². The summed E-state index contributed by atoms with van der Waals surface area (Å²) in [5, 5.41) is 0. The molecule has 8 aliphatic rings. The van der Waals surface area contributed by atoms with E-state index in [1.165, 1.54) is 145 Å². The number of carbonyl (C=O) groups excluding carboxylic acids is 1. The van der Waals surface area contributed by atoms with Gasteiger partial charge < -0.3 is 19.6 Å². The van der Waals surface area contributed by atoms with Gasteiger partial charge in [0.1, 0.15) is 0 Å². The van der Waals surface area contributed by atoms with E-state index in [1.54, 1.807) is 22.3 Å². The van der Waals surface area contributed by atoms with E-state index in [1.807, 2.05) is 16.8 Å². The van der Waals surface area contributed by atoms with Crippen molar-refractivity contribution >= 4 is 5.91 Å². The van der Waals surface area contributed by atoms with Crippen molar-refractivity contribution in [3.05, 3.63) is 142 Å². The molecular weight excluding hydrogens is 1170 g/mol. The van der Waals surface area contributed by atoms with Gasteiger partial charge in [-0.1, -0.05) is 97.1 Å². The van der Waals surface area contributed by atoms with E-state index >= 15 is 0 Å². The molecule has 0 bridgehead atoms. The van der Waals surface area contributed by atoms with Crippen LogP contribution in [0.25, 0.3) is 0 Å². The van der Waals surface area contributed by atoms with E-state index in [2.05, 4.69) is 224 Å². The van der Waals surface area contributed by atoms with Gasteiger partial charge in [-0.3, -0.25) is 24.4 Å². The second-order valence-electron chi connectivity index (χ2n) is 33.7. The summed E-state index contributed by atoms with van der Waals surface area (Å²) < 4.78 is 37.4. The Bertz CT molecular complexity index is 2890. The topological polar surface area (TPSA) is 43.0 Å². The zero-order valence-corrected chi connectivity index (χ0v) is 61.5. The number of benzene rings is 4. The molecule has 8 heterocycles. The molecule has 0 spiro atoms.